The number of carbonyl (C=O) groups excluding carboxylic acids is 3. The van der Waals surface area contributed by atoms with Crippen LogP contribution in [0.3, 0.4) is 0 Å². The van der Waals surface area contributed by atoms with Crippen molar-refractivity contribution < 1.29 is 28.2 Å². The third-order valence-corrected chi connectivity index (χ3v) is 8.42. The highest BCUT2D eigenvalue weighted by atomic mass is 32.2. The van der Waals surface area contributed by atoms with Crippen molar-refractivity contribution in [1.29, 1.82) is 0 Å². The molecule has 0 radical (unpaired) electrons. The highest BCUT2D eigenvalue weighted by Crippen LogP contribution is 2.22. The monoisotopic (exact) mass is 690 g/mol. The zero-order valence-electron chi connectivity index (χ0n) is 27.2. The molecular formula is C35H39FN6O6S. The number of ether oxygens (including phenoxy) is 2. The van der Waals surface area contributed by atoms with Crippen molar-refractivity contribution in [2.45, 2.75) is 68.6 Å². The molecule has 0 bridgehead atoms. The molecule has 258 valence electrons. The van der Waals surface area contributed by atoms with Crippen LogP contribution in [0.2, 0.25) is 0 Å². The van der Waals surface area contributed by atoms with E-state index >= 15 is 0 Å². The van der Waals surface area contributed by atoms with Crippen LogP contribution in [0.25, 0.3) is 0 Å². The van der Waals surface area contributed by atoms with E-state index in [9.17, 15) is 23.6 Å². The number of hydrogen-bond donors (Lipinski definition) is 2. The van der Waals surface area contributed by atoms with Crippen LogP contribution < -0.4 is 16.2 Å². The standard InChI is InChI=1S/C35H39FN6O6S/c1-47-33(45)30(40-35(46)48-22-25-8-3-2-4-9-25)10-5-6-16-39-31(43)11-7-17-42-21-28(18-27-19-37-24-38-20-27)32(44)41-34(42)49-23-26-12-14-29(36)15-13-26/h2-4,8-9,12-15,19-21,24,30H,5-7,10-11,16-18,22-23H2,1H3,(H,39,43)(H,40,46). The molecule has 14 heteroatoms. The van der Waals surface area contributed by atoms with Gasteiger partial charge in [0.1, 0.15) is 24.8 Å². The lowest BCUT2D eigenvalue weighted by Gasteiger charge is -2.16. The molecule has 12 nitrogen and oxygen atoms in total. The third-order valence-electron chi connectivity index (χ3n) is 7.35. The fraction of sp³-hybridized carbons (Fsp3) is 0.343. The van der Waals surface area contributed by atoms with E-state index in [0.29, 0.717) is 61.7 Å². The second kappa shape index (κ2) is 19.6. The Morgan fingerprint density at radius 1 is 0.959 bits per heavy atom. The largest absolute Gasteiger partial charge is 0.467 e. The third kappa shape index (κ3) is 12.8. The van der Waals surface area contributed by atoms with Crippen LogP contribution in [-0.2, 0) is 44.4 Å². The van der Waals surface area contributed by atoms with Crippen LogP contribution in [0, 0.1) is 5.82 Å². The van der Waals surface area contributed by atoms with Gasteiger partial charge in [0.15, 0.2) is 5.16 Å². The predicted molar refractivity (Wildman–Crippen MR) is 181 cm³/mol. The van der Waals surface area contributed by atoms with Gasteiger partial charge in [-0.2, -0.15) is 4.98 Å². The summed E-state index contributed by atoms with van der Waals surface area (Å²) in [5, 5.41) is 5.95. The number of rotatable bonds is 18. The van der Waals surface area contributed by atoms with E-state index in [1.807, 2.05) is 34.9 Å². The fourth-order valence-corrected chi connectivity index (χ4v) is 5.73. The van der Waals surface area contributed by atoms with Crippen LogP contribution in [0.4, 0.5) is 9.18 Å². The maximum Gasteiger partial charge on any atom is 0.408 e. The Morgan fingerprint density at radius 2 is 1.71 bits per heavy atom. The average Bonchev–Trinajstić information content (AvgIpc) is 3.11. The van der Waals surface area contributed by atoms with Gasteiger partial charge in [-0.15, -0.1) is 0 Å². The molecule has 2 heterocycles. The highest BCUT2D eigenvalue weighted by molar-refractivity contribution is 7.98. The molecule has 0 aliphatic carbocycles. The van der Waals surface area contributed by atoms with Crippen LogP contribution in [0.1, 0.15) is 54.4 Å². The number of nitrogens with zero attached hydrogens (tertiary/aromatic N) is 4. The van der Waals surface area contributed by atoms with E-state index in [4.69, 9.17) is 9.47 Å². The first kappa shape index (κ1) is 36.7. The predicted octanol–water partition coefficient (Wildman–Crippen LogP) is 4.59. The van der Waals surface area contributed by atoms with E-state index in [1.165, 1.54) is 37.3 Å². The molecular weight excluding hydrogens is 651 g/mol. The number of esters is 1. The van der Waals surface area contributed by atoms with Gasteiger partial charge in [0.05, 0.1) is 7.11 Å². The first-order chi connectivity index (χ1) is 23.8. The smallest absolute Gasteiger partial charge is 0.408 e. The summed E-state index contributed by atoms with van der Waals surface area (Å²) in [5.41, 5.74) is 2.61. The summed E-state index contributed by atoms with van der Waals surface area (Å²) in [6.45, 7) is 0.913. The van der Waals surface area contributed by atoms with E-state index < -0.39 is 18.1 Å². The lowest BCUT2D eigenvalue weighted by atomic mass is 10.1. The SMILES string of the molecule is COC(=O)C(CCCCNC(=O)CCCn1cc(Cc2cncnc2)c(=O)nc1SCc1ccc(F)cc1)NC(=O)OCc1ccccc1. The number of aryl methyl sites for hydroxylation is 1. The summed E-state index contributed by atoms with van der Waals surface area (Å²) in [6, 6.07) is 14.5. The molecule has 49 heavy (non-hydrogen) atoms. The number of carbonyl (C=O) groups is 3. The highest BCUT2D eigenvalue weighted by Gasteiger charge is 2.22. The van der Waals surface area contributed by atoms with Crippen LogP contribution in [0.5, 0.6) is 0 Å². The van der Waals surface area contributed by atoms with Crippen molar-refractivity contribution in [3.63, 3.8) is 0 Å². The van der Waals surface area contributed by atoms with Crippen LogP contribution >= 0.6 is 11.8 Å². The number of aromatic nitrogens is 4. The Hall–Kier alpha value is -5.11. The first-order valence-electron chi connectivity index (χ1n) is 15.8. The normalized spacial score (nSPS) is 11.4. The summed E-state index contributed by atoms with van der Waals surface area (Å²) >= 11 is 1.36. The number of alkyl carbamates (subject to hydrolysis) is 1. The first-order valence-corrected chi connectivity index (χ1v) is 16.8. The second-order valence-corrected chi connectivity index (χ2v) is 12.1. The van der Waals surface area contributed by atoms with E-state index in [-0.39, 0.29) is 30.3 Å². The molecule has 0 aliphatic heterocycles. The molecule has 2 N–H and O–H groups in total. The minimum atomic E-state index is -0.871. The number of amides is 2. The lowest BCUT2D eigenvalue weighted by molar-refractivity contribution is -0.143. The molecule has 0 saturated carbocycles. The van der Waals surface area contributed by atoms with Gasteiger partial charge in [-0.3, -0.25) is 9.59 Å². The van der Waals surface area contributed by atoms with E-state index in [0.717, 1.165) is 16.7 Å². The molecule has 4 rings (SSSR count). The minimum Gasteiger partial charge on any atom is -0.467 e. The molecule has 2 amide bonds. The summed E-state index contributed by atoms with van der Waals surface area (Å²) in [5.74, 6) is -0.549. The van der Waals surface area contributed by atoms with Gasteiger partial charge in [-0.05, 0) is 54.5 Å². The second-order valence-electron chi connectivity index (χ2n) is 11.1. The maximum atomic E-state index is 13.4. The number of methoxy groups -OCH3 is 1. The average molecular weight is 691 g/mol. The Kier molecular flexibility index (Phi) is 14.7. The van der Waals surface area contributed by atoms with Gasteiger partial charge >= 0.3 is 12.1 Å². The van der Waals surface area contributed by atoms with Gasteiger partial charge in [0.25, 0.3) is 5.56 Å². The Bertz CT molecular complexity index is 1710. The zero-order chi connectivity index (χ0) is 34.8. The summed E-state index contributed by atoms with van der Waals surface area (Å²) in [6.07, 6.45) is 8.26. The summed E-state index contributed by atoms with van der Waals surface area (Å²) < 4.78 is 25.3. The number of hydrogen-bond acceptors (Lipinski definition) is 10. The van der Waals surface area contributed by atoms with Crippen molar-refractivity contribution in [2.75, 3.05) is 13.7 Å². The molecule has 0 spiro atoms. The van der Waals surface area contributed by atoms with Crippen molar-refractivity contribution in [2.24, 2.45) is 0 Å². The molecule has 0 fully saturated rings. The van der Waals surface area contributed by atoms with Gasteiger partial charge in [-0.25, -0.2) is 23.9 Å². The van der Waals surface area contributed by atoms with Crippen LogP contribution in [0.15, 0.2) is 89.5 Å². The Labute approximate surface area is 287 Å². The molecule has 1 atom stereocenters. The van der Waals surface area contributed by atoms with Gasteiger partial charge in [0.2, 0.25) is 5.91 Å². The quantitative estimate of drug-likeness (QED) is 0.0656. The molecule has 2 aromatic heterocycles. The Morgan fingerprint density at radius 3 is 2.45 bits per heavy atom. The summed E-state index contributed by atoms with van der Waals surface area (Å²) in [7, 11) is 1.25. The maximum absolute atomic E-state index is 13.4. The van der Waals surface area contributed by atoms with Gasteiger partial charge in [-0.1, -0.05) is 54.2 Å². The molecule has 0 aliphatic rings. The van der Waals surface area contributed by atoms with Gasteiger partial charge < -0.3 is 24.7 Å². The lowest BCUT2D eigenvalue weighted by Crippen LogP contribution is -2.41. The molecule has 1 unspecified atom stereocenters. The molecule has 0 saturated heterocycles. The van der Waals surface area contributed by atoms with E-state index in [2.05, 4.69) is 25.6 Å². The number of nitrogens with one attached hydrogen (secondary N) is 2. The van der Waals surface area contributed by atoms with Crippen LogP contribution in [-0.4, -0.2) is 57.2 Å². The molecule has 4 aromatic rings. The van der Waals surface area contributed by atoms with Crippen molar-refractivity contribution >= 4 is 29.7 Å². The topological polar surface area (TPSA) is 154 Å². The van der Waals surface area contributed by atoms with E-state index in [1.54, 1.807) is 30.7 Å². The minimum absolute atomic E-state index is 0.0754. The van der Waals surface area contributed by atoms with Crippen molar-refractivity contribution in [3.05, 3.63) is 118 Å². The molecule has 2 aromatic carbocycles. The number of halogens is 1. The number of thioether (sulfide) groups is 1. The van der Waals surface area contributed by atoms with Crippen molar-refractivity contribution in [1.82, 2.24) is 30.2 Å². The van der Waals surface area contributed by atoms with Gasteiger partial charge in [0, 0.05) is 55.8 Å². The summed E-state index contributed by atoms with van der Waals surface area (Å²) in [4.78, 5) is 62.3. The zero-order valence-corrected chi connectivity index (χ0v) is 28.0. The number of unbranched alkanes of at least 4 members (excludes halogenated alkanes) is 1. The Balaban J connectivity index is 1.23. The fourth-order valence-electron chi connectivity index (χ4n) is 4.79. The number of benzene rings is 2. The van der Waals surface area contributed by atoms with Crippen molar-refractivity contribution in [3.8, 4) is 0 Å².